The molecular formula is C12H11BrN2O2S. The Balaban J connectivity index is 1.73. The molecule has 0 atom stereocenters. The average molecular weight is 327 g/mol. The van der Waals surface area contributed by atoms with Crippen molar-refractivity contribution in [3.63, 3.8) is 0 Å². The third kappa shape index (κ3) is 4.12. The summed E-state index contributed by atoms with van der Waals surface area (Å²) >= 11 is 4.75. The lowest BCUT2D eigenvalue weighted by Gasteiger charge is -2.06. The van der Waals surface area contributed by atoms with Gasteiger partial charge in [0.05, 0.1) is 13.0 Å². The second-order valence-corrected chi connectivity index (χ2v) is 5.25. The van der Waals surface area contributed by atoms with Crippen LogP contribution >= 0.6 is 27.3 Å². The zero-order chi connectivity index (χ0) is 12.8. The summed E-state index contributed by atoms with van der Waals surface area (Å²) in [5.74, 6) is 0.645. The summed E-state index contributed by atoms with van der Waals surface area (Å²) in [6, 6.07) is 7.51. The number of ether oxygens (including phenoxy) is 1. The number of rotatable bonds is 5. The summed E-state index contributed by atoms with van der Waals surface area (Å²) < 4.78 is 6.42. The minimum Gasteiger partial charge on any atom is -0.493 e. The number of benzene rings is 1. The summed E-state index contributed by atoms with van der Waals surface area (Å²) in [6.45, 7) is 0.341. The number of hydrogen-bond acceptors (Lipinski definition) is 4. The molecule has 0 aliphatic heterocycles. The molecule has 18 heavy (non-hydrogen) atoms. The fourth-order valence-electron chi connectivity index (χ4n) is 1.29. The average Bonchev–Trinajstić information content (AvgIpc) is 2.82. The Morgan fingerprint density at radius 1 is 1.50 bits per heavy atom. The van der Waals surface area contributed by atoms with Crippen molar-refractivity contribution in [2.75, 3.05) is 11.9 Å². The fourth-order valence-corrected chi connectivity index (χ4v) is 2.21. The van der Waals surface area contributed by atoms with Crippen LogP contribution in [0.25, 0.3) is 0 Å². The molecule has 0 bridgehead atoms. The van der Waals surface area contributed by atoms with Crippen molar-refractivity contribution in [2.45, 2.75) is 6.42 Å². The predicted molar refractivity (Wildman–Crippen MR) is 75.0 cm³/mol. The van der Waals surface area contributed by atoms with Crippen LogP contribution in [-0.2, 0) is 4.79 Å². The number of carbonyl (C=O) groups is 1. The fraction of sp³-hybridized carbons (Fsp3) is 0.167. The van der Waals surface area contributed by atoms with Gasteiger partial charge in [0.2, 0.25) is 5.91 Å². The van der Waals surface area contributed by atoms with Crippen LogP contribution in [0.15, 0.2) is 40.3 Å². The van der Waals surface area contributed by atoms with E-state index < -0.39 is 0 Å². The molecule has 0 unspecified atom stereocenters. The maximum atomic E-state index is 11.5. The molecule has 1 aromatic heterocycles. The Kier molecular flexibility index (Phi) is 4.72. The number of anilines is 1. The topological polar surface area (TPSA) is 51.2 Å². The third-order valence-corrected chi connectivity index (χ3v) is 3.25. The van der Waals surface area contributed by atoms with E-state index in [4.69, 9.17) is 4.74 Å². The normalized spacial score (nSPS) is 10.1. The van der Waals surface area contributed by atoms with Gasteiger partial charge in [0, 0.05) is 16.0 Å². The molecule has 0 saturated carbocycles. The van der Waals surface area contributed by atoms with Gasteiger partial charge < -0.3 is 10.1 Å². The van der Waals surface area contributed by atoms with Gasteiger partial charge in [-0.25, -0.2) is 4.98 Å². The molecule has 0 aliphatic rings. The van der Waals surface area contributed by atoms with Crippen molar-refractivity contribution in [3.8, 4) is 5.75 Å². The molecule has 1 amide bonds. The minimum absolute atomic E-state index is 0.0973. The Bertz CT molecular complexity index is 517. The van der Waals surface area contributed by atoms with Crippen LogP contribution in [0.2, 0.25) is 0 Å². The second kappa shape index (κ2) is 6.51. The Hall–Kier alpha value is -1.40. The van der Waals surface area contributed by atoms with Gasteiger partial charge in [-0.3, -0.25) is 4.79 Å². The smallest absolute Gasteiger partial charge is 0.229 e. The summed E-state index contributed by atoms with van der Waals surface area (Å²) in [7, 11) is 0. The van der Waals surface area contributed by atoms with Gasteiger partial charge >= 0.3 is 0 Å². The van der Waals surface area contributed by atoms with Crippen molar-refractivity contribution in [3.05, 3.63) is 40.3 Å². The lowest BCUT2D eigenvalue weighted by atomic mass is 10.3. The first-order chi connectivity index (χ1) is 8.74. The predicted octanol–water partition coefficient (Wildman–Crippen LogP) is 3.31. The highest BCUT2D eigenvalue weighted by Crippen LogP contribution is 2.18. The lowest BCUT2D eigenvalue weighted by molar-refractivity contribution is -0.116. The van der Waals surface area contributed by atoms with E-state index >= 15 is 0 Å². The van der Waals surface area contributed by atoms with Gasteiger partial charge in [-0.1, -0.05) is 22.0 Å². The van der Waals surface area contributed by atoms with E-state index in [0.29, 0.717) is 18.2 Å². The van der Waals surface area contributed by atoms with Gasteiger partial charge in [0.25, 0.3) is 0 Å². The summed E-state index contributed by atoms with van der Waals surface area (Å²) in [5, 5.41) is 5.13. The number of nitrogens with zero attached hydrogens (tertiary/aromatic N) is 1. The summed E-state index contributed by atoms with van der Waals surface area (Å²) in [5.41, 5.74) is 0. The molecule has 0 saturated heterocycles. The molecule has 2 aromatic rings. The Morgan fingerprint density at radius 3 is 3.11 bits per heavy atom. The highest BCUT2D eigenvalue weighted by Gasteiger charge is 2.04. The molecule has 4 nitrogen and oxygen atoms in total. The van der Waals surface area contributed by atoms with Crippen LogP contribution in [-0.4, -0.2) is 17.5 Å². The number of carbonyl (C=O) groups excluding carboxylic acids is 1. The van der Waals surface area contributed by atoms with Gasteiger partial charge in [-0.2, -0.15) is 0 Å². The standard InChI is InChI=1S/C12H11BrN2O2S/c13-9-2-1-3-10(8-9)17-6-4-11(16)15-12-14-5-7-18-12/h1-3,5,7-8H,4,6H2,(H,14,15,16). The highest BCUT2D eigenvalue weighted by molar-refractivity contribution is 9.10. The van der Waals surface area contributed by atoms with Crippen molar-refractivity contribution < 1.29 is 9.53 Å². The third-order valence-electron chi connectivity index (χ3n) is 2.07. The number of nitrogens with one attached hydrogen (secondary N) is 1. The first-order valence-corrected chi connectivity index (χ1v) is 6.99. The molecule has 0 radical (unpaired) electrons. The van der Waals surface area contributed by atoms with Crippen molar-refractivity contribution in [1.82, 2.24) is 4.98 Å². The van der Waals surface area contributed by atoms with Crippen LogP contribution in [0.5, 0.6) is 5.75 Å². The largest absolute Gasteiger partial charge is 0.493 e. The first kappa shape index (κ1) is 13.0. The number of amides is 1. The first-order valence-electron chi connectivity index (χ1n) is 5.32. The van der Waals surface area contributed by atoms with Crippen LogP contribution < -0.4 is 10.1 Å². The van der Waals surface area contributed by atoms with Gasteiger partial charge in [0.15, 0.2) is 5.13 Å². The van der Waals surface area contributed by atoms with Crippen molar-refractivity contribution in [1.29, 1.82) is 0 Å². The molecule has 6 heteroatoms. The molecule has 1 aromatic carbocycles. The van der Waals surface area contributed by atoms with E-state index in [9.17, 15) is 4.79 Å². The van der Waals surface area contributed by atoms with E-state index in [1.165, 1.54) is 11.3 Å². The van der Waals surface area contributed by atoms with Crippen molar-refractivity contribution >= 4 is 38.3 Å². The van der Waals surface area contributed by atoms with Crippen molar-refractivity contribution in [2.24, 2.45) is 0 Å². The van der Waals surface area contributed by atoms with E-state index in [1.54, 1.807) is 6.20 Å². The van der Waals surface area contributed by atoms with Crippen LogP contribution in [0, 0.1) is 0 Å². The van der Waals surface area contributed by atoms with E-state index in [-0.39, 0.29) is 5.91 Å². The number of halogens is 1. The summed E-state index contributed by atoms with van der Waals surface area (Å²) in [4.78, 5) is 15.5. The van der Waals surface area contributed by atoms with E-state index in [0.717, 1.165) is 10.2 Å². The van der Waals surface area contributed by atoms with E-state index in [1.807, 2.05) is 29.6 Å². The van der Waals surface area contributed by atoms with Gasteiger partial charge in [-0.15, -0.1) is 11.3 Å². The molecular weight excluding hydrogens is 316 g/mol. The molecule has 2 rings (SSSR count). The highest BCUT2D eigenvalue weighted by atomic mass is 79.9. The zero-order valence-electron chi connectivity index (χ0n) is 9.43. The number of thiazole rings is 1. The quantitative estimate of drug-likeness (QED) is 0.917. The van der Waals surface area contributed by atoms with Crippen LogP contribution in [0.4, 0.5) is 5.13 Å². The Labute approximate surface area is 117 Å². The molecule has 1 heterocycles. The second-order valence-electron chi connectivity index (χ2n) is 3.44. The minimum atomic E-state index is -0.0973. The molecule has 1 N–H and O–H groups in total. The maximum absolute atomic E-state index is 11.5. The lowest BCUT2D eigenvalue weighted by Crippen LogP contribution is -2.14. The molecule has 94 valence electrons. The molecule has 0 aliphatic carbocycles. The molecule has 0 spiro atoms. The maximum Gasteiger partial charge on any atom is 0.229 e. The van der Waals surface area contributed by atoms with Crippen LogP contribution in [0.3, 0.4) is 0 Å². The Morgan fingerprint density at radius 2 is 2.39 bits per heavy atom. The van der Waals surface area contributed by atoms with Gasteiger partial charge in [-0.05, 0) is 18.2 Å². The molecule has 0 fully saturated rings. The van der Waals surface area contributed by atoms with E-state index in [2.05, 4.69) is 26.2 Å². The monoisotopic (exact) mass is 326 g/mol. The SMILES string of the molecule is O=C(CCOc1cccc(Br)c1)Nc1nccs1. The van der Waals surface area contributed by atoms with Crippen LogP contribution in [0.1, 0.15) is 6.42 Å². The number of aromatic nitrogens is 1. The summed E-state index contributed by atoms with van der Waals surface area (Å²) in [6.07, 6.45) is 1.95. The van der Waals surface area contributed by atoms with Gasteiger partial charge in [0.1, 0.15) is 5.75 Å². The number of hydrogen-bond donors (Lipinski definition) is 1. The zero-order valence-corrected chi connectivity index (χ0v) is 11.8.